The quantitative estimate of drug-likeness (QED) is 0.555. The molecule has 0 atom stereocenters. The zero-order valence-corrected chi connectivity index (χ0v) is 5.60. The average Bonchev–Trinajstić information content (AvgIpc) is 2.71. The van der Waals surface area contributed by atoms with Crippen molar-refractivity contribution >= 4 is 0 Å². The molecule has 1 aromatic carbocycles. The Balaban J connectivity index is 2.39. The van der Waals surface area contributed by atoms with Crippen molar-refractivity contribution in [2.75, 3.05) is 0 Å². The molecule has 0 nitrogen and oxygen atoms in total. The first-order chi connectivity index (χ1) is 4.88. The summed E-state index contributed by atoms with van der Waals surface area (Å²) in [6.45, 7) is 0. The van der Waals surface area contributed by atoms with Crippen LogP contribution in [0, 0.1) is 11.9 Å². The third kappa shape index (κ3) is 0.919. The maximum atomic E-state index is 12.8. The van der Waals surface area contributed by atoms with E-state index in [0.29, 0.717) is 5.92 Å². The molecule has 0 amide bonds. The predicted octanol–water partition coefficient (Wildman–Crippen LogP) is 2.50. The first kappa shape index (κ1) is 5.90. The van der Waals surface area contributed by atoms with E-state index in [-0.39, 0.29) is 5.82 Å². The van der Waals surface area contributed by atoms with E-state index in [1.165, 1.54) is 6.07 Å². The van der Waals surface area contributed by atoms with Gasteiger partial charge in [0, 0.05) is 0 Å². The van der Waals surface area contributed by atoms with E-state index in [1.54, 1.807) is 6.07 Å². The minimum absolute atomic E-state index is 0.0926. The van der Waals surface area contributed by atoms with E-state index in [2.05, 4.69) is 6.07 Å². The summed E-state index contributed by atoms with van der Waals surface area (Å²) in [6.07, 6.45) is 2.31. The SMILES string of the molecule is Fc1c[c]ccc1C1CC1. The van der Waals surface area contributed by atoms with Gasteiger partial charge in [0.1, 0.15) is 5.82 Å². The molecule has 1 saturated carbocycles. The number of hydrogen-bond acceptors (Lipinski definition) is 0. The highest BCUT2D eigenvalue weighted by molar-refractivity contribution is 5.24. The number of halogens is 1. The molecule has 0 unspecified atom stereocenters. The Labute approximate surface area is 59.7 Å². The first-order valence-corrected chi connectivity index (χ1v) is 3.53. The molecule has 1 aliphatic carbocycles. The molecule has 0 aliphatic heterocycles. The van der Waals surface area contributed by atoms with Gasteiger partial charge in [0.05, 0.1) is 0 Å². The highest BCUT2D eigenvalue weighted by Crippen LogP contribution is 2.40. The van der Waals surface area contributed by atoms with Gasteiger partial charge in [0.2, 0.25) is 0 Å². The second kappa shape index (κ2) is 2.08. The molecule has 0 N–H and O–H groups in total. The molecule has 0 heterocycles. The van der Waals surface area contributed by atoms with Gasteiger partial charge in [-0.2, -0.15) is 0 Å². The van der Waals surface area contributed by atoms with Gasteiger partial charge >= 0.3 is 0 Å². The second-order valence-electron chi connectivity index (χ2n) is 2.72. The summed E-state index contributed by atoms with van der Waals surface area (Å²) in [5.41, 5.74) is 0.874. The van der Waals surface area contributed by atoms with Crippen molar-refractivity contribution in [1.82, 2.24) is 0 Å². The van der Waals surface area contributed by atoms with Crippen LogP contribution in [0.15, 0.2) is 18.2 Å². The van der Waals surface area contributed by atoms with Gasteiger partial charge < -0.3 is 0 Å². The van der Waals surface area contributed by atoms with E-state index in [1.807, 2.05) is 6.07 Å². The highest BCUT2D eigenvalue weighted by Gasteiger charge is 2.25. The lowest BCUT2D eigenvalue weighted by molar-refractivity contribution is 0.610. The van der Waals surface area contributed by atoms with Crippen molar-refractivity contribution in [1.29, 1.82) is 0 Å². The summed E-state index contributed by atoms with van der Waals surface area (Å²) < 4.78 is 12.8. The van der Waals surface area contributed by atoms with Crippen LogP contribution in [0.3, 0.4) is 0 Å². The number of hydrogen-bond donors (Lipinski definition) is 0. The number of rotatable bonds is 1. The topological polar surface area (TPSA) is 0 Å². The summed E-state index contributed by atoms with van der Waals surface area (Å²) in [5.74, 6) is 0.416. The highest BCUT2D eigenvalue weighted by atomic mass is 19.1. The van der Waals surface area contributed by atoms with Crippen molar-refractivity contribution in [2.45, 2.75) is 18.8 Å². The lowest BCUT2D eigenvalue weighted by atomic mass is 10.1. The van der Waals surface area contributed by atoms with E-state index in [0.717, 1.165) is 18.4 Å². The van der Waals surface area contributed by atoms with Crippen LogP contribution in [0.5, 0.6) is 0 Å². The van der Waals surface area contributed by atoms with Crippen molar-refractivity contribution in [3.8, 4) is 0 Å². The fourth-order valence-corrected chi connectivity index (χ4v) is 1.15. The standard InChI is InChI=1S/C9H8F/c10-9-4-2-1-3-8(9)7-5-6-7/h1,3-4,7H,5-6H2. The van der Waals surface area contributed by atoms with Crippen molar-refractivity contribution in [3.05, 3.63) is 35.6 Å². The van der Waals surface area contributed by atoms with E-state index < -0.39 is 0 Å². The molecule has 2 rings (SSSR count). The van der Waals surface area contributed by atoms with Crippen LogP contribution >= 0.6 is 0 Å². The maximum absolute atomic E-state index is 12.8. The van der Waals surface area contributed by atoms with Gasteiger partial charge in [-0.25, -0.2) is 4.39 Å². The molecule has 1 radical (unpaired) electrons. The largest absolute Gasteiger partial charge is 0.207 e. The second-order valence-corrected chi connectivity index (χ2v) is 2.72. The van der Waals surface area contributed by atoms with E-state index in [4.69, 9.17) is 0 Å². The van der Waals surface area contributed by atoms with Gasteiger partial charge in [-0.1, -0.05) is 12.1 Å². The zero-order valence-electron chi connectivity index (χ0n) is 5.60. The van der Waals surface area contributed by atoms with Crippen LogP contribution < -0.4 is 0 Å². The average molecular weight is 135 g/mol. The van der Waals surface area contributed by atoms with Crippen LogP contribution in [0.25, 0.3) is 0 Å². The monoisotopic (exact) mass is 135 g/mol. The Morgan fingerprint density at radius 2 is 2.30 bits per heavy atom. The van der Waals surface area contributed by atoms with Gasteiger partial charge in [0.15, 0.2) is 0 Å². The molecule has 51 valence electrons. The van der Waals surface area contributed by atoms with Gasteiger partial charge in [-0.05, 0) is 36.5 Å². The van der Waals surface area contributed by atoms with Crippen molar-refractivity contribution in [2.24, 2.45) is 0 Å². The normalized spacial score (nSPS) is 17.3. The molecular weight excluding hydrogens is 127 g/mol. The molecule has 1 aromatic rings. The predicted molar refractivity (Wildman–Crippen MR) is 37.2 cm³/mol. The molecule has 0 saturated heterocycles. The molecule has 0 aromatic heterocycles. The van der Waals surface area contributed by atoms with Crippen LogP contribution in [0.2, 0.25) is 0 Å². The summed E-state index contributed by atoms with van der Waals surface area (Å²) in [7, 11) is 0. The van der Waals surface area contributed by atoms with Crippen LogP contribution in [0.1, 0.15) is 24.3 Å². The minimum atomic E-state index is -0.0926. The van der Waals surface area contributed by atoms with E-state index in [9.17, 15) is 4.39 Å². The Morgan fingerprint density at radius 3 is 2.90 bits per heavy atom. The summed E-state index contributed by atoms with van der Waals surface area (Å²) >= 11 is 0. The molecule has 0 bridgehead atoms. The molecule has 10 heavy (non-hydrogen) atoms. The Bertz CT molecular complexity index is 238. The smallest absolute Gasteiger partial charge is 0.127 e. The van der Waals surface area contributed by atoms with Gasteiger partial charge in [-0.3, -0.25) is 0 Å². The number of benzene rings is 1. The van der Waals surface area contributed by atoms with Gasteiger partial charge in [0.25, 0.3) is 0 Å². The van der Waals surface area contributed by atoms with Crippen molar-refractivity contribution in [3.63, 3.8) is 0 Å². The lowest BCUT2D eigenvalue weighted by Crippen LogP contribution is -1.84. The summed E-state index contributed by atoms with van der Waals surface area (Å²) in [5, 5.41) is 0. The molecule has 1 heteroatoms. The van der Waals surface area contributed by atoms with Crippen molar-refractivity contribution < 1.29 is 4.39 Å². The Hall–Kier alpha value is -0.850. The Kier molecular flexibility index (Phi) is 1.23. The molecule has 1 aliphatic rings. The van der Waals surface area contributed by atoms with Gasteiger partial charge in [-0.15, -0.1) is 0 Å². The van der Waals surface area contributed by atoms with Crippen LogP contribution in [-0.2, 0) is 0 Å². The molecule has 1 fully saturated rings. The fraction of sp³-hybridized carbons (Fsp3) is 0.333. The van der Waals surface area contributed by atoms with Crippen LogP contribution in [-0.4, -0.2) is 0 Å². The van der Waals surface area contributed by atoms with E-state index >= 15 is 0 Å². The third-order valence-electron chi connectivity index (χ3n) is 1.86. The molecular formula is C9H8F. The summed E-state index contributed by atoms with van der Waals surface area (Å²) in [6, 6.07) is 7.72. The minimum Gasteiger partial charge on any atom is -0.207 e. The maximum Gasteiger partial charge on any atom is 0.127 e. The first-order valence-electron chi connectivity index (χ1n) is 3.53. The zero-order chi connectivity index (χ0) is 6.97. The third-order valence-corrected chi connectivity index (χ3v) is 1.86. The molecule has 0 spiro atoms. The Morgan fingerprint density at radius 1 is 1.50 bits per heavy atom. The fourth-order valence-electron chi connectivity index (χ4n) is 1.15. The lowest BCUT2D eigenvalue weighted by Gasteiger charge is -1.96. The van der Waals surface area contributed by atoms with Crippen LogP contribution in [0.4, 0.5) is 4.39 Å². The summed E-state index contributed by atoms with van der Waals surface area (Å²) in [4.78, 5) is 0.